The van der Waals surface area contributed by atoms with Gasteiger partial charge in [0.2, 0.25) is 5.91 Å². The maximum absolute atomic E-state index is 10.8. The minimum absolute atomic E-state index is 0.0000666. The van der Waals surface area contributed by atoms with Crippen LogP contribution in [-0.4, -0.2) is 25.7 Å². The number of hydrogen-bond donors (Lipinski definition) is 2. The highest BCUT2D eigenvalue weighted by Gasteiger charge is 2.11. The summed E-state index contributed by atoms with van der Waals surface area (Å²) in [7, 11) is 0. The molecule has 0 aliphatic carbocycles. The van der Waals surface area contributed by atoms with Gasteiger partial charge in [-0.2, -0.15) is 5.10 Å². The van der Waals surface area contributed by atoms with Gasteiger partial charge < -0.3 is 11.1 Å². The Kier molecular flexibility index (Phi) is 3.74. The van der Waals surface area contributed by atoms with Gasteiger partial charge in [0.1, 0.15) is 6.54 Å². The van der Waals surface area contributed by atoms with Crippen LogP contribution in [0.1, 0.15) is 24.4 Å². The standard InChI is InChI=1S/C12H16N6O/c1-8-12(15-4-3-14-8)9(2)17-10-5-16-18(6-10)7-11(13)19/h3-6,9,17H,7H2,1-2H3,(H2,13,19). The summed E-state index contributed by atoms with van der Waals surface area (Å²) in [4.78, 5) is 19.3. The van der Waals surface area contributed by atoms with E-state index in [1.54, 1.807) is 24.8 Å². The molecule has 7 nitrogen and oxygen atoms in total. The number of nitrogens with one attached hydrogen (secondary N) is 1. The molecule has 0 aliphatic heterocycles. The first-order valence-electron chi connectivity index (χ1n) is 5.91. The number of nitrogens with zero attached hydrogens (tertiary/aromatic N) is 4. The smallest absolute Gasteiger partial charge is 0.239 e. The third kappa shape index (κ3) is 3.27. The topological polar surface area (TPSA) is 98.7 Å². The minimum Gasteiger partial charge on any atom is -0.374 e. The number of aromatic nitrogens is 4. The summed E-state index contributed by atoms with van der Waals surface area (Å²) in [5.41, 5.74) is 7.67. The van der Waals surface area contributed by atoms with Crippen molar-refractivity contribution in [3.8, 4) is 0 Å². The first-order chi connectivity index (χ1) is 9.06. The predicted molar refractivity (Wildman–Crippen MR) is 70.2 cm³/mol. The van der Waals surface area contributed by atoms with Gasteiger partial charge in [0.15, 0.2) is 0 Å². The van der Waals surface area contributed by atoms with Crippen LogP contribution in [0.5, 0.6) is 0 Å². The van der Waals surface area contributed by atoms with E-state index in [9.17, 15) is 4.79 Å². The summed E-state index contributed by atoms with van der Waals surface area (Å²) in [6, 6.07) is -0.0000666. The van der Waals surface area contributed by atoms with E-state index in [0.717, 1.165) is 17.1 Å². The zero-order valence-corrected chi connectivity index (χ0v) is 10.9. The molecule has 2 aromatic heterocycles. The average molecular weight is 260 g/mol. The van der Waals surface area contributed by atoms with Crippen molar-refractivity contribution in [2.75, 3.05) is 5.32 Å². The highest BCUT2D eigenvalue weighted by molar-refractivity contribution is 5.73. The Morgan fingerprint density at radius 1 is 1.47 bits per heavy atom. The van der Waals surface area contributed by atoms with Crippen molar-refractivity contribution in [1.82, 2.24) is 19.7 Å². The van der Waals surface area contributed by atoms with Crippen LogP contribution in [0, 0.1) is 6.92 Å². The molecule has 0 spiro atoms. The van der Waals surface area contributed by atoms with Crippen LogP contribution >= 0.6 is 0 Å². The molecule has 0 saturated heterocycles. The molecule has 0 saturated carbocycles. The van der Waals surface area contributed by atoms with Crippen molar-refractivity contribution >= 4 is 11.6 Å². The van der Waals surface area contributed by atoms with Gasteiger partial charge >= 0.3 is 0 Å². The second kappa shape index (κ2) is 5.47. The second-order valence-electron chi connectivity index (χ2n) is 4.29. The molecular weight excluding hydrogens is 244 g/mol. The van der Waals surface area contributed by atoms with Crippen molar-refractivity contribution in [2.24, 2.45) is 5.73 Å². The lowest BCUT2D eigenvalue weighted by Crippen LogP contribution is -2.18. The summed E-state index contributed by atoms with van der Waals surface area (Å²) in [5, 5.41) is 7.30. The maximum Gasteiger partial charge on any atom is 0.239 e. The van der Waals surface area contributed by atoms with E-state index < -0.39 is 5.91 Å². The Morgan fingerprint density at radius 3 is 2.89 bits per heavy atom. The van der Waals surface area contributed by atoms with Crippen molar-refractivity contribution < 1.29 is 4.79 Å². The number of rotatable bonds is 5. The fraction of sp³-hybridized carbons (Fsp3) is 0.333. The third-order valence-electron chi connectivity index (χ3n) is 2.66. The van der Waals surface area contributed by atoms with Crippen LogP contribution in [0.25, 0.3) is 0 Å². The van der Waals surface area contributed by atoms with Gasteiger partial charge in [-0.05, 0) is 13.8 Å². The molecule has 2 aromatic rings. The third-order valence-corrected chi connectivity index (χ3v) is 2.66. The molecule has 0 aromatic carbocycles. The largest absolute Gasteiger partial charge is 0.374 e. The molecule has 0 bridgehead atoms. The fourth-order valence-corrected chi connectivity index (χ4v) is 1.85. The Hall–Kier alpha value is -2.44. The minimum atomic E-state index is -0.424. The van der Waals surface area contributed by atoms with Gasteiger partial charge in [-0.15, -0.1) is 0 Å². The Bertz CT molecular complexity index is 579. The van der Waals surface area contributed by atoms with Crippen LogP contribution in [0.2, 0.25) is 0 Å². The SMILES string of the molecule is Cc1nccnc1C(C)Nc1cnn(CC(N)=O)c1. The Morgan fingerprint density at radius 2 is 2.21 bits per heavy atom. The van der Waals surface area contributed by atoms with Crippen molar-refractivity contribution in [3.63, 3.8) is 0 Å². The van der Waals surface area contributed by atoms with Crippen LogP contribution in [0.4, 0.5) is 5.69 Å². The fourth-order valence-electron chi connectivity index (χ4n) is 1.85. The van der Waals surface area contributed by atoms with Crippen LogP contribution in [0.3, 0.4) is 0 Å². The number of aryl methyl sites for hydroxylation is 1. The number of nitrogens with two attached hydrogens (primary N) is 1. The van der Waals surface area contributed by atoms with E-state index in [4.69, 9.17) is 5.73 Å². The highest BCUT2D eigenvalue weighted by atomic mass is 16.1. The van der Waals surface area contributed by atoms with Gasteiger partial charge in [0.05, 0.1) is 29.3 Å². The molecule has 0 radical (unpaired) electrons. The molecule has 2 rings (SSSR count). The molecule has 100 valence electrons. The number of amides is 1. The quantitative estimate of drug-likeness (QED) is 0.822. The maximum atomic E-state index is 10.8. The molecule has 0 aliphatic rings. The molecule has 2 heterocycles. The average Bonchev–Trinajstić information content (AvgIpc) is 2.76. The van der Waals surface area contributed by atoms with E-state index >= 15 is 0 Å². The lowest BCUT2D eigenvalue weighted by atomic mass is 10.2. The van der Waals surface area contributed by atoms with E-state index in [2.05, 4.69) is 20.4 Å². The van der Waals surface area contributed by atoms with Gasteiger partial charge in [-0.25, -0.2) is 0 Å². The molecule has 1 atom stereocenters. The van der Waals surface area contributed by atoms with Gasteiger partial charge in [0.25, 0.3) is 0 Å². The normalized spacial score (nSPS) is 12.1. The summed E-state index contributed by atoms with van der Waals surface area (Å²) >= 11 is 0. The zero-order valence-electron chi connectivity index (χ0n) is 10.9. The molecule has 0 fully saturated rings. The molecule has 1 unspecified atom stereocenters. The van der Waals surface area contributed by atoms with Crippen LogP contribution in [-0.2, 0) is 11.3 Å². The number of anilines is 1. The van der Waals surface area contributed by atoms with Crippen molar-refractivity contribution in [1.29, 1.82) is 0 Å². The van der Waals surface area contributed by atoms with E-state index in [1.165, 1.54) is 4.68 Å². The van der Waals surface area contributed by atoms with Gasteiger partial charge in [0, 0.05) is 18.6 Å². The predicted octanol–water partition coefficient (Wildman–Crippen LogP) is 0.640. The van der Waals surface area contributed by atoms with Gasteiger partial charge in [-0.1, -0.05) is 0 Å². The molecule has 7 heteroatoms. The molecule has 3 N–H and O–H groups in total. The van der Waals surface area contributed by atoms with E-state index in [-0.39, 0.29) is 12.6 Å². The zero-order chi connectivity index (χ0) is 13.8. The lowest BCUT2D eigenvalue weighted by Gasteiger charge is -2.14. The van der Waals surface area contributed by atoms with E-state index in [0.29, 0.717) is 0 Å². The number of carbonyl (C=O) groups excluding carboxylic acids is 1. The van der Waals surface area contributed by atoms with Crippen LogP contribution in [0.15, 0.2) is 24.8 Å². The van der Waals surface area contributed by atoms with Crippen molar-refractivity contribution in [3.05, 3.63) is 36.2 Å². The van der Waals surface area contributed by atoms with E-state index in [1.807, 2.05) is 13.8 Å². The lowest BCUT2D eigenvalue weighted by molar-refractivity contribution is -0.118. The Balaban J connectivity index is 2.07. The number of hydrogen-bond acceptors (Lipinski definition) is 5. The first kappa shape index (κ1) is 13.0. The second-order valence-corrected chi connectivity index (χ2v) is 4.29. The monoisotopic (exact) mass is 260 g/mol. The Labute approximate surface area is 110 Å². The van der Waals surface area contributed by atoms with Crippen LogP contribution < -0.4 is 11.1 Å². The summed E-state index contributed by atoms with van der Waals surface area (Å²) in [6.07, 6.45) is 6.70. The molecular formula is C12H16N6O. The number of carbonyl (C=O) groups is 1. The van der Waals surface area contributed by atoms with Crippen molar-refractivity contribution in [2.45, 2.75) is 26.4 Å². The molecule has 19 heavy (non-hydrogen) atoms. The number of primary amides is 1. The summed E-state index contributed by atoms with van der Waals surface area (Å²) in [6.45, 7) is 3.97. The molecule has 1 amide bonds. The summed E-state index contributed by atoms with van der Waals surface area (Å²) < 4.78 is 1.49. The summed E-state index contributed by atoms with van der Waals surface area (Å²) in [5.74, 6) is -0.424. The highest BCUT2D eigenvalue weighted by Crippen LogP contribution is 2.18. The first-order valence-corrected chi connectivity index (χ1v) is 5.91. The van der Waals surface area contributed by atoms with Gasteiger partial charge in [-0.3, -0.25) is 19.4 Å².